The van der Waals surface area contributed by atoms with Crippen LogP contribution in [0.5, 0.6) is 0 Å². The summed E-state index contributed by atoms with van der Waals surface area (Å²) in [5, 5.41) is 5.98. The number of benzene rings is 2. The van der Waals surface area contributed by atoms with E-state index < -0.39 is 0 Å². The lowest BCUT2D eigenvalue weighted by Gasteiger charge is -2.26. The van der Waals surface area contributed by atoms with Crippen LogP contribution in [0.2, 0.25) is 0 Å². The second-order valence-corrected chi connectivity index (χ2v) is 6.47. The van der Waals surface area contributed by atoms with E-state index in [1.165, 1.54) is 11.1 Å². The largest absolute Gasteiger partial charge is 0.341 e. The number of hydrazone groups is 1. The van der Waals surface area contributed by atoms with E-state index in [2.05, 4.69) is 35.4 Å². The van der Waals surface area contributed by atoms with Crippen LogP contribution in [0.15, 0.2) is 71.3 Å². The van der Waals surface area contributed by atoms with Crippen molar-refractivity contribution in [2.75, 3.05) is 13.1 Å². The van der Waals surface area contributed by atoms with Gasteiger partial charge in [-0.15, -0.1) is 0 Å². The third kappa shape index (κ3) is 3.33. The molecule has 2 aliphatic heterocycles. The van der Waals surface area contributed by atoms with Gasteiger partial charge in [-0.3, -0.25) is 0 Å². The third-order valence-electron chi connectivity index (χ3n) is 4.75. The minimum absolute atomic E-state index is 0.000866. The summed E-state index contributed by atoms with van der Waals surface area (Å²) in [6.07, 6.45) is 5.73. The van der Waals surface area contributed by atoms with Gasteiger partial charge in [0, 0.05) is 25.7 Å². The molecule has 0 aromatic heterocycles. The van der Waals surface area contributed by atoms with Gasteiger partial charge in [-0.1, -0.05) is 66.7 Å². The zero-order chi connectivity index (χ0) is 17.1. The fourth-order valence-electron chi connectivity index (χ4n) is 3.44. The van der Waals surface area contributed by atoms with Crippen molar-refractivity contribution in [3.05, 3.63) is 77.4 Å². The maximum absolute atomic E-state index is 12.9. The monoisotopic (exact) mass is 331 g/mol. The highest BCUT2D eigenvalue weighted by atomic mass is 16.2. The first-order valence-corrected chi connectivity index (χ1v) is 8.71. The van der Waals surface area contributed by atoms with Crippen LogP contribution in [0.1, 0.15) is 30.0 Å². The van der Waals surface area contributed by atoms with Crippen molar-refractivity contribution < 1.29 is 4.79 Å². The fourth-order valence-corrected chi connectivity index (χ4v) is 3.44. The number of nitrogens with zero attached hydrogens (tertiary/aromatic N) is 3. The summed E-state index contributed by atoms with van der Waals surface area (Å²) in [5.41, 5.74) is 3.61. The van der Waals surface area contributed by atoms with Crippen molar-refractivity contribution >= 4 is 18.3 Å². The molecule has 2 aromatic rings. The fraction of sp³-hybridized carbons (Fsp3) is 0.238. The highest BCUT2D eigenvalue weighted by Gasteiger charge is 2.33. The Morgan fingerprint density at radius 3 is 2.52 bits per heavy atom. The number of urea groups is 1. The van der Waals surface area contributed by atoms with Gasteiger partial charge in [0.25, 0.3) is 0 Å². The highest BCUT2D eigenvalue weighted by molar-refractivity contribution is 5.79. The summed E-state index contributed by atoms with van der Waals surface area (Å²) in [5.74, 6) is 0. The molecule has 4 heteroatoms. The van der Waals surface area contributed by atoms with E-state index >= 15 is 0 Å². The molecule has 0 saturated carbocycles. The van der Waals surface area contributed by atoms with Crippen molar-refractivity contribution in [2.45, 2.75) is 18.9 Å². The molecule has 126 valence electrons. The van der Waals surface area contributed by atoms with Gasteiger partial charge < -0.3 is 4.90 Å². The smallest absolute Gasteiger partial charge is 0.319 e. The zero-order valence-electron chi connectivity index (χ0n) is 14.1. The molecular formula is C21H21N3O. The summed E-state index contributed by atoms with van der Waals surface area (Å²) in [6.45, 7) is 1.44. The van der Waals surface area contributed by atoms with Crippen LogP contribution in [-0.4, -0.2) is 35.2 Å². The second kappa shape index (κ2) is 6.93. The number of hydrogen-bond acceptors (Lipinski definition) is 2. The first kappa shape index (κ1) is 15.6. The Morgan fingerprint density at radius 2 is 1.76 bits per heavy atom. The van der Waals surface area contributed by atoms with Crippen LogP contribution < -0.4 is 0 Å². The molecule has 1 saturated heterocycles. The van der Waals surface area contributed by atoms with Gasteiger partial charge in [-0.05, 0) is 23.1 Å². The van der Waals surface area contributed by atoms with Gasteiger partial charge in [-0.2, -0.15) is 5.10 Å². The quantitative estimate of drug-likeness (QED) is 0.807. The Balaban J connectivity index is 1.46. The van der Waals surface area contributed by atoms with Crippen LogP contribution in [0.4, 0.5) is 4.79 Å². The Kier molecular flexibility index (Phi) is 4.34. The van der Waals surface area contributed by atoms with E-state index in [9.17, 15) is 4.79 Å². The number of hydrogen-bond donors (Lipinski definition) is 0. The van der Waals surface area contributed by atoms with E-state index in [0.717, 1.165) is 24.9 Å². The van der Waals surface area contributed by atoms with Gasteiger partial charge >= 0.3 is 6.03 Å². The van der Waals surface area contributed by atoms with Crippen molar-refractivity contribution in [1.29, 1.82) is 0 Å². The Labute approximate surface area is 148 Å². The summed E-state index contributed by atoms with van der Waals surface area (Å²) in [4.78, 5) is 14.8. The second-order valence-electron chi connectivity index (χ2n) is 6.47. The number of carbonyl (C=O) groups is 1. The molecule has 0 radical (unpaired) electrons. The van der Waals surface area contributed by atoms with Crippen LogP contribution in [0.3, 0.4) is 0 Å². The molecule has 4 rings (SSSR count). The minimum atomic E-state index is -0.000866. The van der Waals surface area contributed by atoms with Crippen LogP contribution >= 0.6 is 0 Å². The maximum Gasteiger partial charge on any atom is 0.341 e. The molecule has 25 heavy (non-hydrogen) atoms. The Bertz CT molecular complexity index is 798. The molecule has 2 amide bonds. The molecule has 0 aliphatic carbocycles. The molecule has 1 fully saturated rings. The molecule has 2 aliphatic rings. The van der Waals surface area contributed by atoms with E-state index in [4.69, 9.17) is 0 Å². The van der Waals surface area contributed by atoms with Crippen LogP contribution in [-0.2, 0) is 0 Å². The third-order valence-corrected chi connectivity index (χ3v) is 4.75. The molecule has 2 aromatic carbocycles. The lowest BCUT2D eigenvalue weighted by Crippen LogP contribution is -2.39. The van der Waals surface area contributed by atoms with Crippen molar-refractivity contribution in [1.82, 2.24) is 9.91 Å². The number of carbonyl (C=O) groups excluding carboxylic acids is 1. The van der Waals surface area contributed by atoms with Crippen molar-refractivity contribution in [3.63, 3.8) is 0 Å². The van der Waals surface area contributed by atoms with Crippen LogP contribution in [0, 0.1) is 0 Å². The first-order chi connectivity index (χ1) is 12.3. The lowest BCUT2D eigenvalue weighted by atomic mass is 10.1. The van der Waals surface area contributed by atoms with E-state index in [-0.39, 0.29) is 12.1 Å². The topological polar surface area (TPSA) is 35.9 Å². The lowest BCUT2D eigenvalue weighted by molar-refractivity contribution is 0.152. The number of likely N-dealkylation sites (tertiary alicyclic amines) is 1. The molecule has 0 N–H and O–H groups in total. The Morgan fingerprint density at radius 1 is 1.04 bits per heavy atom. The number of amides is 2. The molecule has 2 heterocycles. The highest BCUT2D eigenvalue weighted by Crippen LogP contribution is 2.30. The predicted octanol–water partition coefficient (Wildman–Crippen LogP) is 4.33. The van der Waals surface area contributed by atoms with E-state index in [0.29, 0.717) is 6.54 Å². The summed E-state index contributed by atoms with van der Waals surface area (Å²) < 4.78 is 0. The predicted molar refractivity (Wildman–Crippen MR) is 100 cm³/mol. The standard InChI is InChI=1S/C21H21N3O/c25-21(24-20(11-13-22-24)19-9-5-2-6-10-19)23-14-12-18(16-23)15-17-7-3-1-4-8-17/h1-10,13,15,20H,11-12,14,16H2/b18-15-. The average molecular weight is 331 g/mol. The zero-order valence-corrected chi connectivity index (χ0v) is 14.1. The summed E-state index contributed by atoms with van der Waals surface area (Å²) >= 11 is 0. The molecule has 1 unspecified atom stereocenters. The average Bonchev–Trinajstić information content (AvgIpc) is 3.32. The maximum atomic E-state index is 12.9. The molecule has 4 nitrogen and oxygen atoms in total. The summed E-state index contributed by atoms with van der Waals surface area (Å²) in [7, 11) is 0. The van der Waals surface area contributed by atoms with E-state index in [1.54, 1.807) is 5.01 Å². The molecule has 0 bridgehead atoms. The van der Waals surface area contributed by atoms with Crippen molar-refractivity contribution in [2.24, 2.45) is 5.10 Å². The number of rotatable bonds is 2. The van der Waals surface area contributed by atoms with Gasteiger partial charge in [0.15, 0.2) is 0 Å². The van der Waals surface area contributed by atoms with Gasteiger partial charge in [-0.25, -0.2) is 9.80 Å². The van der Waals surface area contributed by atoms with Gasteiger partial charge in [0.2, 0.25) is 0 Å². The summed E-state index contributed by atoms with van der Waals surface area (Å²) in [6, 6.07) is 20.4. The molecule has 1 atom stereocenters. The first-order valence-electron chi connectivity index (χ1n) is 8.71. The Hall–Kier alpha value is -2.88. The molecular weight excluding hydrogens is 310 g/mol. The SMILES string of the molecule is O=C(N1CC/C(=C/c2ccccc2)C1)N1N=CCC1c1ccccc1. The normalized spacial score (nSPS) is 21.3. The van der Waals surface area contributed by atoms with Crippen molar-refractivity contribution in [3.8, 4) is 0 Å². The van der Waals surface area contributed by atoms with Gasteiger partial charge in [0.05, 0.1) is 6.04 Å². The van der Waals surface area contributed by atoms with Gasteiger partial charge in [0.1, 0.15) is 0 Å². The van der Waals surface area contributed by atoms with Crippen LogP contribution in [0.25, 0.3) is 6.08 Å². The molecule has 0 spiro atoms. The van der Waals surface area contributed by atoms with E-state index in [1.807, 2.05) is 47.5 Å². The minimum Gasteiger partial charge on any atom is -0.319 e.